The summed E-state index contributed by atoms with van der Waals surface area (Å²) >= 11 is 6.05. The number of benzene rings is 1. The predicted octanol–water partition coefficient (Wildman–Crippen LogP) is 3.41. The van der Waals surface area contributed by atoms with Gasteiger partial charge in [0.2, 0.25) is 0 Å². The summed E-state index contributed by atoms with van der Waals surface area (Å²) in [6, 6.07) is 7.72. The lowest BCUT2D eigenvalue weighted by molar-refractivity contribution is 0.0661. The number of rotatable bonds is 1. The molecule has 0 radical (unpaired) electrons. The smallest absolute Gasteiger partial charge is 0.253 e. The normalized spacial score (nSPS) is 17.9. The average molecular weight is 277 g/mol. The number of carbonyl (C=O) groups excluding carboxylic acids is 1. The van der Waals surface area contributed by atoms with Gasteiger partial charge in [0.25, 0.3) is 5.91 Å². The van der Waals surface area contributed by atoms with Crippen molar-refractivity contribution < 1.29 is 4.79 Å². The quantitative estimate of drug-likeness (QED) is 0.789. The standard InChI is InChI=1S/C15H17ClN2O/c1-11-3-4-12(9-13(11)16)14(19)18-7-5-15(2,10-17)6-8-18/h3-4,9H,5-8H2,1-2H3. The van der Waals surface area contributed by atoms with Gasteiger partial charge in [-0.25, -0.2) is 0 Å². The van der Waals surface area contributed by atoms with Crippen molar-refractivity contribution in [3.63, 3.8) is 0 Å². The maximum Gasteiger partial charge on any atom is 0.253 e. The van der Waals surface area contributed by atoms with Gasteiger partial charge in [-0.3, -0.25) is 4.79 Å². The molecule has 0 aromatic heterocycles. The summed E-state index contributed by atoms with van der Waals surface area (Å²) in [6.07, 6.45) is 1.46. The summed E-state index contributed by atoms with van der Waals surface area (Å²) in [6.45, 7) is 5.14. The minimum absolute atomic E-state index is 0.00175. The molecular weight excluding hydrogens is 260 g/mol. The van der Waals surface area contributed by atoms with E-state index in [2.05, 4.69) is 6.07 Å². The van der Waals surface area contributed by atoms with E-state index in [-0.39, 0.29) is 11.3 Å². The molecule has 0 N–H and O–H groups in total. The molecule has 1 fully saturated rings. The SMILES string of the molecule is Cc1ccc(C(=O)N2CCC(C)(C#N)CC2)cc1Cl. The number of aryl methyl sites for hydroxylation is 1. The van der Waals surface area contributed by atoms with Crippen LogP contribution in [0.15, 0.2) is 18.2 Å². The summed E-state index contributed by atoms with van der Waals surface area (Å²) in [5.74, 6) is 0.00175. The molecule has 0 bridgehead atoms. The minimum Gasteiger partial charge on any atom is -0.339 e. The molecule has 4 heteroatoms. The molecule has 0 spiro atoms. The first-order chi connectivity index (χ1) is 8.95. The van der Waals surface area contributed by atoms with Gasteiger partial charge < -0.3 is 4.90 Å². The summed E-state index contributed by atoms with van der Waals surface area (Å²) < 4.78 is 0. The van der Waals surface area contributed by atoms with Gasteiger partial charge in [0.05, 0.1) is 11.5 Å². The van der Waals surface area contributed by atoms with Crippen molar-refractivity contribution in [3.8, 4) is 6.07 Å². The number of amides is 1. The van der Waals surface area contributed by atoms with Crippen LogP contribution in [0.5, 0.6) is 0 Å². The van der Waals surface area contributed by atoms with Crippen LogP contribution in [0.4, 0.5) is 0 Å². The fourth-order valence-electron chi connectivity index (χ4n) is 2.22. The van der Waals surface area contributed by atoms with Crippen molar-refractivity contribution in [2.24, 2.45) is 5.41 Å². The number of hydrogen-bond donors (Lipinski definition) is 0. The van der Waals surface area contributed by atoms with Crippen molar-refractivity contribution in [1.29, 1.82) is 5.26 Å². The van der Waals surface area contributed by atoms with E-state index in [0.717, 1.165) is 18.4 Å². The highest BCUT2D eigenvalue weighted by atomic mass is 35.5. The Kier molecular flexibility index (Phi) is 3.82. The van der Waals surface area contributed by atoms with Gasteiger partial charge in [-0.05, 0) is 44.4 Å². The Bertz CT molecular complexity index is 540. The zero-order valence-electron chi connectivity index (χ0n) is 11.2. The fraction of sp³-hybridized carbons (Fsp3) is 0.467. The predicted molar refractivity (Wildman–Crippen MR) is 75.0 cm³/mol. The molecule has 100 valence electrons. The van der Waals surface area contributed by atoms with Crippen LogP contribution >= 0.6 is 11.6 Å². The lowest BCUT2D eigenvalue weighted by Gasteiger charge is -2.35. The van der Waals surface area contributed by atoms with Gasteiger partial charge in [-0.2, -0.15) is 5.26 Å². The van der Waals surface area contributed by atoms with Gasteiger partial charge in [0, 0.05) is 23.7 Å². The Morgan fingerprint density at radius 2 is 2.05 bits per heavy atom. The highest BCUT2D eigenvalue weighted by molar-refractivity contribution is 6.31. The van der Waals surface area contributed by atoms with E-state index in [1.165, 1.54) is 0 Å². The third-order valence-electron chi connectivity index (χ3n) is 3.84. The van der Waals surface area contributed by atoms with E-state index in [4.69, 9.17) is 16.9 Å². The zero-order chi connectivity index (χ0) is 14.0. The van der Waals surface area contributed by atoms with E-state index < -0.39 is 0 Å². The second-order valence-corrected chi connectivity index (χ2v) is 5.84. The number of hydrogen-bond acceptors (Lipinski definition) is 2. The number of carbonyl (C=O) groups is 1. The molecular formula is C15H17ClN2O. The van der Waals surface area contributed by atoms with E-state index in [1.54, 1.807) is 11.0 Å². The van der Waals surface area contributed by atoms with Crippen LogP contribution in [0.1, 0.15) is 35.7 Å². The monoisotopic (exact) mass is 276 g/mol. The molecule has 1 aromatic rings. The molecule has 1 amide bonds. The van der Waals surface area contributed by atoms with E-state index in [1.807, 2.05) is 26.0 Å². The number of halogens is 1. The van der Waals surface area contributed by atoms with Crippen LogP contribution < -0.4 is 0 Å². The number of nitrogens with zero attached hydrogens (tertiary/aromatic N) is 2. The van der Waals surface area contributed by atoms with Crippen LogP contribution in [-0.2, 0) is 0 Å². The number of piperidine rings is 1. The number of likely N-dealkylation sites (tertiary alicyclic amines) is 1. The lowest BCUT2D eigenvalue weighted by atomic mass is 9.82. The summed E-state index contributed by atoms with van der Waals surface area (Å²) in [5.41, 5.74) is 1.30. The first-order valence-electron chi connectivity index (χ1n) is 6.42. The Morgan fingerprint density at radius 3 is 2.58 bits per heavy atom. The zero-order valence-corrected chi connectivity index (χ0v) is 12.0. The lowest BCUT2D eigenvalue weighted by Crippen LogP contribution is -2.41. The second-order valence-electron chi connectivity index (χ2n) is 5.43. The Morgan fingerprint density at radius 1 is 1.42 bits per heavy atom. The maximum absolute atomic E-state index is 12.3. The van der Waals surface area contributed by atoms with Gasteiger partial charge in [-0.15, -0.1) is 0 Å². The molecule has 1 aliphatic heterocycles. The summed E-state index contributed by atoms with van der Waals surface area (Å²) in [7, 11) is 0. The second kappa shape index (κ2) is 5.22. The summed E-state index contributed by atoms with van der Waals surface area (Å²) in [5, 5.41) is 9.70. The highest BCUT2D eigenvalue weighted by Gasteiger charge is 2.32. The van der Waals surface area contributed by atoms with Gasteiger partial charge in [-0.1, -0.05) is 17.7 Å². The van der Waals surface area contributed by atoms with E-state index in [0.29, 0.717) is 23.7 Å². The first kappa shape index (κ1) is 13.9. The molecule has 0 saturated carbocycles. The van der Waals surface area contributed by atoms with Crippen LogP contribution in [0.3, 0.4) is 0 Å². The Labute approximate surface area is 118 Å². The number of nitriles is 1. The van der Waals surface area contributed by atoms with Gasteiger partial charge >= 0.3 is 0 Å². The molecule has 1 heterocycles. The van der Waals surface area contributed by atoms with Crippen LogP contribution in [-0.4, -0.2) is 23.9 Å². The van der Waals surface area contributed by atoms with Gasteiger partial charge in [0.1, 0.15) is 0 Å². The van der Waals surface area contributed by atoms with Crippen molar-refractivity contribution in [2.75, 3.05) is 13.1 Å². The van der Waals surface area contributed by atoms with Gasteiger partial charge in [0.15, 0.2) is 0 Å². The van der Waals surface area contributed by atoms with E-state index in [9.17, 15) is 4.79 Å². The third kappa shape index (κ3) is 2.90. The molecule has 0 unspecified atom stereocenters. The van der Waals surface area contributed by atoms with Crippen molar-refractivity contribution in [3.05, 3.63) is 34.3 Å². The molecule has 19 heavy (non-hydrogen) atoms. The molecule has 3 nitrogen and oxygen atoms in total. The highest BCUT2D eigenvalue weighted by Crippen LogP contribution is 2.30. The molecule has 2 rings (SSSR count). The van der Waals surface area contributed by atoms with Crippen LogP contribution in [0, 0.1) is 23.7 Å². The van der Waals surface area contributed by atoms with Crippen LogP contribution in [0.2, 0.25) is 5.02 Å². The van der Waals surface area contributed by atoms with Crippen molar-refractivity contribution in [2.45, 2.75) is 26.7 Å². The molecule has 1 aromatic carbocycles. The molecule has 1 aliphatic rings. The topological polar surface area (TPSA) is 44.1 Å². The molecule has 0 aliphatic carbocycles. The summed E-state index contributed by atoms with van der Waals surface area (Å²) in [4.78, 5) is 14.2. The first-order valence-corrected chi connectivity index (χ1v) is 6.80. The third-order valence-corrected chi connectivity index (χ3v) is 4.25. The average Bonchev–Trinajstić information content (AvgIpc) is 2.42. The fourth-order valence-corrected chi connectivity index (χ4v) is 2.40. The van der Waals surface area contributed by atoms with E-state index >= 15 is 0 Å². The maximum atomic E-state index is 12.3. The molecule has 1 saturated heterocycles. The van der Waals surface area contributed by atoms with Crippen LogP contribution in [0.25, 0.3) is 0 Å². The Hall–Kier alpha value is -1.53. The van der Waals surface area contributed by atoms with Crippen molar-refractivity contribution >= 4 is 17.5 Å². The minimum atomic E-state index is -0.290. The Balaban J connectivity index is 2.10. The largest absolute Gasteiger partial charge is 0.339 e. The molecule has 0 atom stereocenters. The van der Waals surface area contributed by atoms with Crippen molar-refractivity contribution in [1.82, 2.24) is 4.90 Å².